The van der Waals surface area contributed by atoms with Crippen LogP contribution in [0.4, 0.5) is 5.88 Å². The zero-order valence-corrected chi connectivity index (χ0v) is 10.6. The van der Waals surface area contributed by atoms with Gasteiger partial charge in [-0.05, 0) is 16.8 Å². The van der Waals surface area contributed by atoms with E-state index in [-0.39, 0.29) is 22.6 Å². The molecule has 94 valence electrons. The maximum Gasteiger partial charge on any atom is 0.349 e. The fraction of sp³-hybridized carbons (Fsp3) is 0.444. The van der Waals surface area contributed by atoms with Crippen LogP contribution in [0.3, 0.4) is 0 Å². The summed E-state index contributed by atoms with van der Waals surface area (Å²) in [7, 11) is 5.97. The van der Waals surface area contributed by atoms with E-state index in [0.29, 0.717) is 0 Å². The summed E-state index contributed by atoms with van der Waals surface area (Å²) in [5.74, 6) is -0.726. The van der Waals surface area contributed by atoms with Gasteiger partial charge in [-0.2, -0.15) is 4.99 Å². The molecule has 0 saturated carbocycles. The Hall–Kier alpha value is -1.76. The molecule has 1 heterocycles. The smallest absolute Gasteiger partial charge is 0.349 e. The van der Waals surface area contributed by atoms with Crippen molar-refractivity contribution in [2.24, 2.45) is 4.99 Å². The van der Waals surface area contributed by atoms with Crippen LogP contribution < -0.4 is 4.74 Å². The zero-order valence-electron chi connectivity index (χ0n) is 9.85. The van der Waals surface area contributed by atoms with Crippen LogP contribution in [-0.4, -0.2) is 49.6 Å². The molecule has 1 aromatic rings. The number of aliphatic imine (C=N–C) groups is 1. The molecule has 0 N–H and O–H groups in total. The van der Waals surface area contributed by atoms with Crippen molar-refractivity contribution >= 4 is 28.7 Å². The van der Waals surface area contributed by atoms with Crippen molar-refractivity contribution in [2.45, 2.75) is 0 Å². The Balaban J connectivity index is 3.21. The number of ether oxygens (including phenoxy) is 2. The lowest BCUT2D eigenvalue weighted by Crippen LogP contribution is -2.15. The monoisotopic (exact) mass is 261 g/mol. The van der Waals surface area contributed by atoms with Gasteiger partial charge < -0.3 is 18.9 Å². The van der Waals surface area contributed by atoms with E-state index < -0.39 is 5.97 Å². The molecule has 7 nitrogen and oxygen atoms in total. The Kier molecular flexibility index (Phi) is 4.33. The zero-order chi connectivity index (χ0) is 13.0. The molecule has 0 aliphatic rings. The van der Waals surface area contributed by atoms with Crippen LogP contribution in [0.2, 0.25) is 0 Å². The lowest BCUT2D eigenvalue weighted by atomic mass is 10.3. The van der Waals surface area contributed by atoms with Crippen molar-refractivity contribution in [3.8, 4) is 5.88 Å². The summed E-state index contributed by atoms with van der Waals surface area (Å²) in [5.41, 5.74) is -0.00463. The molecule has 17 heavy (non-hydrogen) atoms. The number of hydrogen-bond acceptors (Lipinski definition) is 6. The highest BCUT2D eigenvalue weighted by Crippen LogP contribution is 2.29. The number of methoxy groups -OCH3 is 2. The van der Waals surface area contributed by atoms with Crippen LogP contribution in [0.1, 0.15) is 10.4 Å². The van der Waals surface area contributed by atoms with Gasteiger partial charge in [0.05, 0.1) is 14.2 Å². The summed E-state index contributed by atoms with van der Waals surface area (Å²) in [4.78, 5) is 16.9. The SMILES string of the molecule is COC(=O)c1c(OC)noc1N=C(Cl)N(C)C. The molecule has 0 amide bonds. The second kappa shape index (κ2) is 5.53. The maximum absolute atomic E-state index is 11.5. The van der Waals surface area contributed by atoms with Crippen molar-refractivity contribution in [3.63, 3.8) is 0 Å². The molecule has 0 aromatic carbocycles. The summed E-state index contributed by atoms with van der Waals surface area (Å²) < 4.78 is 14.3. The number of carbonyl (C=O) groups is 1. The molecule has 0 spiro atoms. The third kappa shape index (κ3) is 2.88. The van der Waals surface area contributed by atoms with Gasteiger partial charge in [-0.25, -0.2) is 4.79 Å². The largest absolute Gasteiger partial charge is 0.478 e. The number of carbonyl (C=O) groups excluding carboxylic acids is 1. The average molecular weight is 262 g/mol. The first-order valence-corrected chi connectivity index (χ1v) is 4.92. The van der Waals surface area contributed by atoms with E-state index in [9.17, 15) is 4.79 Å². The minimum absolute atomic E-state index is 0.00109. The summed E-state index contributed by atoms with van der Waals surface area (Å²) in [6.45, 7) is 0. The molecule has 0 bridgehead atoms. The average Bonchev–Trinajstić information content (AvgIpc) is 2.70. The maximum atomic E-state index is 11.5. The number of amidine groups is 1. The topological polar surface area (TPSA) is 77.2 Å². The Morgan fingerprint density at radius 2 is 2.12 bits per heavy atom. The molecule has 0 aliphatic carbocycles. The van der Waals surface area contributed by atoms with Crippen molar-refractivity contribution in [1.82, 2.24) is 10.1 Å². The minimum atomic E-state index is -0.662. The van der Waals surface area contributed by atoms with E-state index in [4.69, 9.17) is 20.9 Å². The van der Waals surface area contributed by atoms with Gasteiger partial charge in [-0.15, -0.1) is 0 Å². The first kappa shape index (κ1) is 13.3. The van der Waals surface area contributed by atoms with Gasteiger partial charge in [-0.3, -0.25) is 0 Å². The molecule has 1 rings (SSSR count). The highest BCUT2D eigenvalue weighted by molar-refractivity contribution is 6.64. The van der Waals surface area contributed by atoms with Gasteiger partial charge in [0.25, 0.3) is 11.8 Å². The Morgan fingerprint density at radius 3 is 2.59 bits per heavy atom. The van der Waals surface area contributed by atoms with E-state index >= 15 is 0 Å². The number of halogens is 1. The summed E-state index contributed by atoms with van der Waals surface area (Å²) >= 11 is 5.82. The van der Waals surface area contributed by atoms with Gasteiger partial charge in [0.1, 0.15) is 0 Å². The van der Waals surface area contributed by atoms with Crippen molar-refractivity contribution in [1.29, 1.82) is 0 Å². The summed E-state index contributed by atoms with van der Waals surface area (Å²) in [6.07, 6.45) is 0. The van der Waals surface area contributed by atoms with Crippen molar-refractivity contribution < 1.29 is 18.8 Å². The molecule has 0 unspecified atom stereocenters. The lowest BCUT2D eigenvalue weighted by molar-refractivity contribution is 0.0598. The van der Waals surface area contributed by atoms with E-state index in [1.807, 2.05) is 0 Å². The highest BCUT2D eigenvalue weighted by Gasteiger charge is 2.25. The van der Waals surface area contributed by atoms with Gasteiger partial charge in [0, 0.05) is 14.1 Å². The predicted molar refractivity (Wildman–Crippen MR) is 61.0 cm³/mol. The van der Waals surface area contributed by atoms with E-state index in [1.165, 1.54) is 19.1 Å². The van der Waals surface area contributed by atoms with Crippen molar-refractivity contribution in [2.75, 3.05) is 28.3 Å². The summed E-state index contributed by atoms with van der Waals surface area (Å²) in [5, 5.41) is 3.67. The Morgan fingerprint density at radius 1 is 1.47 bits per heavy atom. The van der Waals surface area contributed by atoms with E-state index in [2.05, 4.69) is 14.9 Å². The standard InChI is InChI=1S/C9H12ClN3O4/c1-13(2)9(10)11-6-5(8(14)16-4)7(15-3)12-17-6/h1-4H3. The van der Waals surface area contributed by atoms with Gasteiger partial charge in [-0.1, -0.05) is 0 Å². The molecular weight excluding hydrogens is 250 g/mol. The fourth-order valence-electron chi connectivity index (χ4n) is 0.944. The van der Waals surface area contributed by atoms with Crippen LogP contribution in [0.25, 0.3) is 0 Å². The van der Waals surface area contributed by atoms with Gasteiger partial charge in [0.15, 0.2) is 5.56 Å². The molecule has 0 aliphatic heterocycles. The van der Waals surface area contributed by atoms with E-state index in [1.54, 1.807) is 14.1 Å². The van der Waals surface area contributed by atoms with Crippen LogP contribution in [0.15, 0.2) is 9.52 Å². The van der Waals surface area contributed by atoms with Crippen LogP contribution in [-0.2, 0) is 4.74 Å². The van der Waals surface area contributed by atoms with Crippen LogP contribution >= 0.6 is 11.6 Å². The summed E-state index contributed by atoms with van der Waals surface area (Å²) in [6, 6.07) is 0. The third-order valence-corrected chi connectivity index (χ3v) is 2.21. The number of esters is 1. The minimum Gasteiger partial charge on any atom is -0.478 e. The molecule has 8 heteroatoms. The third-order valence-electron chi connectivity index (χ3n) is 1.79. The number of aromatic nitrogens is 1. The number of hydrogen-bond donors (Lipinski definition) is 0. The molecule has 0 fully saturated rings. The first-order chi connectivity index (χ1) is 8.01. The highest BCUT2D eigenvalue weighted by atomic mass is 35.5. The Bertz CT molecular complexity index is 441. The lowest BCUT2D eigenvalue weighted by Gasteiger charge is -2.07. The molecular formula is C9H12ClN3O4. The van der Waals surface area contributed by atoms with E-state index in [0.717, 1.165) is 0 Å². The van der Waals surface area contributed by atoms with Crippen LogP contribution in [0.5, 0.6) is 5.88 Å². The Labute approximate surface area is 103 Å². The molecule has 0 radical (unpaired) electrons. The molecule has 1 aromatic heterocycles. The van der Waals surface area contributed by atoms with Crippen LogP contribution in [0, 0.1) is 0 Å². The normalized spacial score (nSPS) is 11.2. The molecule has 0 atom stereocenters. The number of nitrogens with zero attached hydrogens (tertiary/aromatic N) is 3. The second-order valence-electron chi connectivity index (χ2n) is 3.14. The fourth-order valence-corrected chi connectivity index (χ4v) is 1.02. The predicted octanol–water partition coefficient (Wildman–Crippen LogP) is 1.26. The second-order valence-corrected chi connectivity index (χ2v) is 3.48. The quantitative estimate of drug-likeness (QED) is 0.353. The number of rotatable bonds is 3. The van der Waals surface area contributed by atoms with Gasteiger partial charge in [0.2, 0.25) is 5.29 Å². The van der Waals surface area contributed by atoms with Crippen molar-refractivity contribution in [3.05, 3.63) is 5.56 Å². The first-order valence-electron chi connectivity index (χ1n) is 4.54. The molecule has 0 saturated heterocycles. The van der Waals surface area contributed by atoms with Gasteiger partial charge >= 0.3 is 5.97 Å².